The van der Waals surface area contributed by atoms with E-state index in [0.717, 1.165) is 28.2 Å². The Morgan fingerprint density at radius 3 is 2.00 bits per heavy atom. The fraction of sp³-hybridized carbons (Fsp3) is 0.194. The Hall–Kier alpha value is -5.22. The van der Waals surface area contributed by atoms with Crippen molar-refractivity contribution in [2.24, 2.45) is 5.73 Å². The molecule has 0 saturated carbocycles. The normalized spacial score (nSPS) is 12.1. The molecular weight excluding hydrogens is 734 g/mol. The van der Waals surface area contributed by atoms with Gasteiger partial charge in [-0.25, -0.2) is 26.4 Å². The highest BCUT2D eigenvalue weighted by molar-refractivity contribution is 8.10. The molecule has 274 valence electrons. The molecule has 1 atom stereocenters. The molecule has 0 aliphatic rings. The molecule has 1 heterocycles. The van der Waals surface area contributed by atoms with Crippen LogP contribution in [0.15, 0.2) is 116 Å². The summed E-state index contributed by atoms with van der Waals surface area (Å²) in [5, 5.41) is 9.18. The van der Waals surface area contributed by atoms with Crippen molar-refractivity contribution in [3.05, 3.63) is 119 Å². The molecule has 5 aromatic rings. The standard InChI is InChI=1S/C36H35N3O10S2.ClH/c1-23-10-15-28(16-11-23)50(44,45)39(27-14-19-33-25(21-27)22-31(35(42)49-33)30-8-5-4-7-24(30)2)51(46,47)29-17-12-26(13-18-29)38(3)36(43)48-20-6-9-32(37)34(40)41;/h4-5,7-8,10-19,21-22,32H,6,9,20,37H2,1-3H3,(H,40,41);1H/t32-;/m0./s1. The predicted molar refractivity (Wildman–Crippen MR) is 199 cm³/mol. The summed E-state index contributed by atoms with van der Waals surface area (Å²) in [6.45, 7) is 3.49. The second kappa shape index (κ2) is 16.0. The van der Waals surface area contributed by atoms with E-state index in [4.69, 9.17) is 20.0 Å². The van der Waals surface area contributed by atoms with Crippen molar-refractivity contribution < 1.29 is 40.7 Å². The van der Waals surface area contributed by atoms with Crippen LogP contribution in [0.2, 0.25) is 0 Å². The highest BCUT2D eigenvalue weighted by atomic mass is 35.5. The molecule has 3 N–H and O–H groups in total. The van der Waals surface area contributed by atoms with Gasteiger partial charge in [-0.15, -0.1) is 12.4 Å². The van der Waals surface area contributed by atoms with Crippen LogP contribution in [0, 0.1) is 13.8 Å². The molecule has 5 rings (SSSR count). The van der Waals surface area contributed by atoms with E-state index in [1.165, 1.54) is 55.6 Å². The van der Waals surface area contributed by atoms with E-state index in [0.29, 0.717) is 9.27 Å². The molecule has 1 aromatic heterocycles. The van der Waals surface area contributed by atoms with E-state index in [2.05, 4.69) is 0 Å². The summed E-state index contributed by atoms with van der Waals surface area (Å²) in [6, 6.07) is 22.1. The number of hydrogen-bond donors (Lipinski definition) is 2. The first-order chi connectivity index (χ1) is 24.1. The first-order valence-corrected chi connectivity index (χ1v) is 18.5. The Labute approximate surface area is 306 Å². The number of carbonyl (C=O) groups excluding carboxylic acids is 1. The summed E-state index contributed by atoms with van der Waals surface area (Å²) >= 11 is 0. The first-order valence-electron chi connectivity index (χ1n) is 15.6. The first kappa shape index (κ1) is 39.6. The molecule has 13 nitrogen and oxygen atoms in total. The van der Waals surface area contributed by atoms with Gasteiger partial charge < -0.3 is 20.0 Å². The number of hydrogen-bond acceptors (Lipinski definition) is 10. The summed E-state index contributed by atoms with van der Waals surface area (Å²) < 4.78 is 68.2. The van der Waals surface area contributed by atoms with Crippen molar-refractivity contribution in [1.82, 2.24) is 0 Å². The molecule has 0 fully saturated rings. The Kier molecular flexibility index (Phi) is 12.2. The second-order valence-electron chi connectivity index (χ2n) is 11.8. The molecule has 16 heteroatoms. The van der Waals surface area contributed by atoms with Gasteiger partial charge in [0.1, 0.15) is 11.6 Å². The summed E-state index contributed by atoms with van der Waals surface area (Å²) in [5.74, 6) is -1.17. The Balaban J connectivity index is 0.00000605. The van der Waals surface area contributed by atoms with Gasteiger partial charge in [-0.1, -0.05) is 42.0 Å². The fourth-order valence-electron chi connectivity index (χ4n) is 5.23. The number of ether oxygens (including phenoxy) is 1. The van der Waals surface area contributed by atoms with Gasteiger partial charge in [0.25, 0.3) is 20.0 Å². The number of aliphatic carboxylic acids is 1. The highest BCUT2D eigenvalue weighted by Gasteiger charge is 2.37. The number of anilines is 2. The topological polar surface area (TPSA) is 195 Å². The van der Waals surface area contributed by atoms with Gasteiger partial charge >= 0.3 is 17.7 Å². The van der Waals surface area contributed by atoms with E-state index < -0.39 is 48.7 Å². The zero-order valence-corrected chi connectivity index (χ0v) is 30.7. The lowest BCUT2D eigenvalue weighted by molar-refractivity contribution is -0.138. The lowest BCUT2D eigenvalue weighted by Crippen LogP contribution is -2.37. The number of amides is 1. The van der Waals surface area contributed by atoms with Gasteiger partial charge in [0.2, 0.25) is 0 Å². The maximum Gasteiger partial charge on any atom is 0.414 e. The van der Waals surface area contributed by atoms with E-state index in [-0.39, 0.29) is 64.7 Å². The summed E-state index contributed by atoms with van der Waals surface area (Å²) in [4.78, 5) is 36.8. The van der Waals surface area contributed by atoms with E-state index >= 15 is 0 Å². The van der Waals surface area contributed by atoms with Crippen LogP contribution in [-0.4, -0.2) is 53.7 Å². The van der Waals surface area contributed by atoms with E-state index in [1.54, 1.807) is 31.2 Å². The third-order valence-corrected chi connectivity index (χ3v) is 12.3. The molecule has 0 spiro atoms. The average Bonchev–Trinajstić information content (AvgIpc) is 3.09. The lowest BCUT2D eigenvalue weighted by atomic mass is 10.0. The van der Waals surface area contributed by atoms with Gasteiger partial charge in [-0.05, 0) is 98.5 Å². The smallest absolute Gasteiger partial charge is 0.414 e. The third-order valence-electron chi connectivity index (χ3n) is 8.12. The number of sulfonamides is 2. The zero-order valence-electron chi connectivity index (χ0n) is 28.3. The summed E-state index contributed by atoms with van der Waals surface area (Å²) in [6.07, 6.45) is -0.477. The van der Waals surface area contributed by atoms with E-state index in [1.807, 2.05) is 19.1 Å². The van der Waals surface area contributed by atoms with Crippen molar-refractivity contribution >= 4 is 66.9 Å². The van der Waals surface area contributed by atoms with Crippen LogP contribution in [0.4, 0.5) is 16.2 Å². The number of carboxylic acids is 1. The third kappa shape index (κ3) is 8.29. The van der Waals surface area contributed by atoms with Crippen molar-refractivity contribution in [1.29, 1.82) is 0 Å². The molecule has 52 heavy (non-hydrogen) atoms. The molecule has 0 bridgehead atoms. The molecule has 1 amide bonds. The van der Waals surface area contributed by atoms with E-state index in [9.17, 15) is 31.2 Å². The number of carbonyl (C=O) groups is 2. The van der Waals surface area contributed by atoms with Crippen molar-refractivity contribution in [2.45, 2.75) is 42.5 Å². The Morgan fingerprint density at radius 1 is 0.827 bits per heavy atom. The number of rotatable bonds is 12. The highest BCUT2D eigenvalue weighted by Crippen LogP contribution is 2.34. The van der Waals surface area contributed by atoms with Crippen LogP contribution in [0.3, 0.4) is 0 Å². The van der Waals surface area contributed by atoms with Gasteiger partial charge in [-0.2, -0.15) is 3.71 Å². The predicted octanol–water partition coefficient (Wildman–Crippen LogP) is 5.85. The number of nitrogens with two attached hydrogens (primary N) is 1. The van der Waals surface area contributed by atoms with Crippen LogP contribution >= 0.6 is 12.4 Å². The molecule has 0 unspecified atom stereocenters. The summed E-state index contributed by atoms with van der Waals surface area (Å²) in [7, 11) is -8.23. The number of benzene rings is 4. The average molecular weight is 770 g/mol. The van der Waals surface area contributed by atoms with Gasteiger partial charge in [-0.3, -0.25) is 9.69 Å². The minimum Gasteiger partial charge on any atom is -0.480 e. The maximum absolute atomic E-state index is 14.4. The number of carboxylic acid groups (broad SMARTS) is 1. The quantitative estimate of drug-likeness (QED) is 0.114. The van der Waals surface area contributed by atoms with Crippen LogP contribution in [0.25, 0.3) is 22.1 Å². The number of nitrogens with zero attached hydrogens (tertiary/aromatic N) is 2. The Morgan fingerprint density at radius 2 is 1.40 bits per heavy atom. The van der Waals surface area contributed by atoms with Crippen molar-refractivity contribution in [3.8, 4) is 11.1 Å². The largest absolute Gasteiger partial charge is 0.480 e. The van der Waals surface area contributed by atoms with Gasteiger partial charge in [0.15, 0.2) is 0 Å². The molecule has 0 saturated heterocycles. The SMILES string of the molecule is Cc1ccc(S(=O)(=O)N(c2ccc3oc(=O)c(-c4ccccc4C)cc3c2)S(=O)(=O)c2ccc(N(C)C(=O)OCCC[C@H](N)C(=O)O)cc2)cc1.Cl. The zero-order chi connectivity index (χ0) is 37.1. The van der Waals surface area contributed by atoms with Crippen molar-refractivity contribution in [2.75, 3.05) is 22.3 Å². The van der Waals surface area contributed by atoms with Crippen molar-refractivity contribution in [3.63, 3.8) is 0 Å². The lowest BCUT2D eigenvalue weighted by Gasteiger charge is -2.25. The number of aryl methyl sites for hydroxylation is 2. The van der Waals surface area contributed by atoms with Crippen LogP contribution < -0.4 is 20.0 Å². The second-order valence-corrected chi connectivity index (χ2v) is 15.6. The monoisotopic (exact) mass is 769 g/mol. The van der Waals surface area contributed by atoms with Crippen LogP contribution in [-0.2, 0) is 29.6 Å². The molecule has 0 aliphatic heterocycles. The molecule has 0 aliphatic carbocycles. The molecular formula is C36H36ClN3O10S2. The van der Waals surface area contributed by atoms with Crippen LogP contribution in [0.1, 0.15) is 24.0 Å². The van der Waals surface area contributed by atoms with Crippen LogP contribution in [0.5, 0.6) is 0 Å². The molecule has 0 radical (unpaired) electrons. The minimum atomic E-state index is -4.85. The number of fused-ring (bicyclic) bond motifs is 1. The molecule has 4 aromatic carbocycles. The minimum absolute atomic E-state index is 0. The number of halogens is 1. The summed E-state index contributed by atoms with van der Waals surface area (Å²) in [5.41, 5.74) is 7.35. The van der Waals surface area contributed by atoms with Gasteiger partial charge in [0, 0.05) is 18.1 Å². The Bertz CT molecular complexity index is 2380. The van der Waals surface area contributed by atoms with Gasteiger partial charge in [0.05, 0.1) is 27.6 Å². The maximum atomic E-state index is 14.4. The fourth-order valence-corrected chi connectivity index (χ4v) is 8.90.